The summed E-state index contributed by atoms with van der Waals surface area (Å²) in [6, 6.07) is 14.2. The molecular formula is C14H15IN2. The predicted molar refractivity (Wildman–Crippen MR) is 78.7 cm³/mol. The number of aromatic nitrogens is 1. The summed E-state index contributed by atoms with van der Waals surface area (Å²) in [5.41, 5.74) is 8.55. The molecule has 2 rings (SSSR count). The molecule has 2 unspecified atom stereocenters. The van der Waals surface area contributed by atoms with Gasteiger partial charge in [0.2, 0.25) is 0 Å². The minimum Gasteiger partial charge on any atom is -0.323 e. The van der Waals surface area contributed by atoms with Crippen LogP contribution in [0.2, 0.25) is 0 Å². The van der Waals surface area contributed by atoms with E-state index in [1.807, 2.05) is 36.5 Å². The minimum absolute atomic E-state index is 0.0157. The lowest BCUT2D eigenvalue weighted by Crippen LogP contribution is -2.19. The zero-order valence-corrected chi connectivity index (χ0v) is 11.8. The van der Waals surface area contributed by atoms with E-state index in [0.717, 1.165) is 5.69 Å². The number of hydrogen-bond donors (Lipinski definition) is 1. The Hall–Kier alpha value is -0.940. The number of nitrogens with zero attached hydrogens (tertiary/aromatic N) is 1. The lowest BCUT2D eigenvalue weighted by atomic mass is 9.92. The lowest BCUT2D eigenvalue weighted by molar-refractivity contribution is 0.581. The summed E-state index contributed by atoms with van der Waals surface area (Å²) in [6.45, 7) is 2.12. The van der Waals surface area contributed by atoms with E-state index in [1.165, 1.54) is 9.13 Å². The van der Waals surface area contributed by atoms with Crippen LogP contribution in [-0.2, 0) is 0 Å². The van der Waals surface area contributed by atoms with Gasteiger partial charge in [-0.25, -0.2) is 0 Å². The number of nitrogens with two attached hydrogens (primary N) is 1. The minimum atomic E-state index is -0.0157. The molecule has 0 radical (unpaired) electrons. The molecule has 0 saturated heterocycles. The van der Waals surface area contributed by atoms with Gasteiger partial charge in [-0.2, -0.15) is 0 Å². The maximum absolute atomic E-state index is 6.33. The van der Waals surface area contributed by atoms with Crippen molar-refractivity contribution in [1.29, 1.82) is 0 Å². The second-order valence-corrected chi connectivity index (χ2v) is 5.25. The first kappa shape index (κ1) is 12.5. The van der Waals surface area contributed by atoms with Crippen LogP contribution in [0.5, 0.6) is 0 Å². The highest BCUT2D eigenvalue weighted by molar-refractivity contribution is 14.1. The largest absolute Gasteiger partial charge is 0.323 e. The highest BCUT2D eigenvalue weighted by atomic mass is 127. The summed E-state index contributed by atoms with van der Waals surface area (Å²) in [4.78, 5) is 4.37. The Kier molecular flexibility index (Phi) is 4.12. The van der Waals surface area contributed by atoms with Gasteiger partial charge in [-0.15, -0.1) is 0 Å². The maximum atomic E-state index is 6.33. The summed E-state index contributed by atoms with van der Waals surface area (Å²) in [5, 5.41) is 0. The second-order valence-electron chi connectivity index (χ2n) is 4.09. The summed E-state index contributed by atoms with van der Waals surface area (Å²) >= 11 is 2.33. The van der Waals surface area contributed by atoms with Crippen molar-refractivity contribution in [3.63, 3.8) is 0 Å². The van der Waals surface area contributed by atoms with Crippen molar-refractivity contribution in [2.24, 2.45) is 5.73 Å². The molecule has 2 aromatic rings. The highest BCUT2D eigenvalue weighted by Crippen LogP contribution is 2.29. The third-order valence-corrected chi connectivity index (χ3v) is 3.94. The molecule has 0 aliphatic carbocycles. The normalized spacial score (nSPS) is 14.3. The number of halogens is 1. The van der Waals surface area contributed by atoms with Gasteiger partial charge in [0.15, 0.2) is 0 Å². The van der Waals surface area contributed by atoms with Crippen LogP contribution in [-0.4, -0.2) is 4.98 Å². The first-order chi connectivity index (χ1) is 8.20. The van der Waals surface area contributed by atoms with Gasteiger partial charge < -0.3 is 5.73 Å². The van der Waals surface area contributed by atoms with Crippen molar-refractivity contribution in [2.45, 2.75) is 18.9 Å². The van der Waals surface area contributed by atoms with Crippen LogP contribution in [0.1, 0.15) is 30.1 Å². The van der Waals surface area contributed by atoms with Crippen LogP contribution in [0.15, 0.2) is 48.7 Å². The second kappa shape index (κ2) is 5.60. The Labute approximate surface area is 115 Å². The number of pyridine rings is 1. The van der Waals surface area contributed by atoms with Gasteiger partial charge in [0.1, 0.15) is 0 Å². The Balaban J connectivity index is 2.27. The van der Waals surface area contributed by atoms with Gasteiger partial charge in [0.05, 0.1) is 0 Å². The van der Waals surface area contributed by atoms with Crippen LogP contribution in [0.4, 0.5) is 0 Å². The molecule has 0 spiro atoms. The quantitative estimate of drug-likeness (QED) is 0.870. The van der Waals surface area contributed by atoms with Crippen LogP contribution in [0, 0.1) is 3.57 Å². The van der Waals surface area contributed by atoms with Crippen molar-refractivity contribution in [1.82, 2.24) is 4.98 Å². The van der Waals surface area contributed by atoms with Gasteiger partial charge in [-0.3, -0.25) is 4.98 Å². The fraction of sp³-hybridized carbons (Fsp3) is 0.214. The zero-order chi connectivity index (χ0) is 12.3. The number of hydrogen-bond acceptors (Lipinski definition) is 2. The van der Waals surface area contributed by atoms with Gasteiger partial charge >= 0.3 is 0 Å². The van der Waals surface area contributed by atoms with Gasteiger partial charge in [0, 0.05) is 27.4 Å². The van der Waals surface area contributed by atoms with Crippen molar-refractivity contribution < 1.29 is 0 Å². The molecule has 0 aliphatic rings. The van der Waals surface area contributed by atoms with E-state index in [9.17, 15) is 0 Å². The molecule has 1 aromatic carbocycles. The number of rotatable bonds is 3. The standard InChI is InChI=1S/C14H15IN2/c1-10(13-8-4-5-9-17-13)14(16)11-6-2-3-7-12(11)15/h2-10,14H,16H2,1H3. The van der Waals surface area contributed by atoms with Gasteiger partial charge in [-0.1, -0.05) is 31.2 Å². The first-order valence-corrected chi connectivity index (χ1v) is 6.69. The monoisotopic (exact) mass is 338 g/mol. The molecule has 1 heterocycles. The first-order valence-electron chi connectivity index (χ1n) is 5.61. The van der Waals surface area contributed by atoms with E-state index in [2.05, 4.69) is 46.6 Å². The van der Waals surface area contributed by atoms with Gasteiger partial charge in [-0.05, 0) is 46.4 Å². The fourth-order valence-corrected chi connectivity index (χ4v) is 2.59. The lowest BCUT2D eigenvalue weighted by Gasteiger charge is -2.20. The molecule has 2 atom stereocenters. The molecule has 2 nitrogen and oxygen atoms in total. The topological polar surface area (TPSA) is 38.9 Å². The van der Waals surface area contributed by atoms with Crippen molar-refractivity contribution in [3.05, 3.63) is 63.5 Å². The molecule has 0 bridgehead atoms. The van der Waals surface area contributed by atoms with Crippen LogP contribution >= 0.6 is 22.6 Å². The summed E-state index contributed by atoms with van der Waals surface area (Å²) in [5.74, 6) is 0.215. The Morgan fingerprint density at radius 3 is 2.47 bits per heavy atom. The molecule has 17 heavy (non-hydrogen) atoms. The maximum Gasteiger partial charge on any atom is 0.0450 e. The average Bonchev–Trinajstić information content (AvgIpc) is 2.39. The van der Waals surface area contributed by atoms with Gasteiger partial charge in [0.25, 0.3) is 0 Å². The molecule has 0 fully saturated rings. The molecule has 1 aromatic heterocycles. The van der Waals surface area contributed by atoms with E-state index in [4.69, 9.17) is 5.73 Å². The third kappa shape index (κ3) is 2.84. The van der Waals surface area contributed by atoms with E-state index in [-0.39, 0.29) is 12.0 Å². The molecule has 0 saturated carbocycles. The van der Waals surface area contributed by atoms with E-state index in [0.29, 0.717) is 0 Å². The van der Waals surface area contributed by atoms with E-state index < -0.39 is 0 Å². The molecule has 0 amide bonds. The SMILES string of the molecule is CC(c1ccccn1)C(N)c1ccccc1I. The zero-order valence-electron chi connectivity index (χ0n) is 9.68. The molecular weight excluding hydrogens is 323 g/mol. The predicted octanol–water partition coefficient (Wildman–Crippen LogP) is 3.49. The van der Waals surface area contributed by atoms with Crippen molar-refractivity contribution in [3.8, 4) is 0 Å². The summed E-state index contributed by atoms with van der Waals surface area (Å²) < 4.78 is 1.21. The van der Waals surface area contributed by atoms with E-state index >= 15 is 0 Å². The van der Waals surface area contributed by atoms with E-state index in [1.54, 1.807) is 0 Å². The Morgan fingerprint density at radius 2 is 1.82 bits per heavy atom. The average molecular weight is 338 g/mol. The third-order valence-electron chi connectivity index (χ3n) is 2.96. The summed E-state index contributed by atoms with van der Waals surface area (Å²) in [6.07, 6.45) is 1.81. The Morgan fingerprint density at radius 1 is 1.12 bits per heavy atom. The van der Waals surface area contributed by atoms with Crippen LogP contribution in [0.3, 0.4) is 0 Å². The summed E-state index contributed by atoms with van der Waals surface area (Å²) in [7, 11) is 0. The molecule has 3 heteroatoms. The highest BCUT2D eigenvalue weighted by Gasteiger charge is 2.19. The van der Waals surface area contributed by atoms with Crippen LogP contribution in [0.25, 0.3) is 0 Å². The van der Waals surface area contributed by atoms with Crippen LogP contribution < -0.4 is 5.73 Å². The Bertz CT molecular complexity index is 485. The molecule has 2 N–H and O–H groups in total. The van der Waals surface area contributed by atoms with Crippen molar-refractivity contribution >= 4 is 22.6 Å². The fourth-order valence-electron chi connectivity index (χ4n) is 1.84. The molecule has 0 aliphatic heterocycles. The smallest absolute Gasteiger partial charge is 0.0450 e. The number of benzene rings is 1. The van der Waals surface area contributed by atoms with Crippen molar-refractivity contribution in [2.75, 3.05) is 0 Å². The molecule has 88 valence electrons.